The Morgan fingerprint density at radius 3 is 2.24 bits per heavy atom. The number of nitrogens with zero attached hydrogens (tertiary/aromatic N) is 1. The maximum Gasteiger partial charge on any atom is 0.321 e. The Balaban J connectivity index is 1.94. The van der Waals surface area contributed by atoms with Crippen molar-refractivity contribution in [3.63, 3.8) is 0 Å². The quantitative estimate of drug-likeness (QED) is 0.523. The highest BCUT2D eigenvalue weighted by Gasteiger charge is 2.57. The second-order valence-electron chi connectivity index (χ2n) is 7.73. The molecule has 7 nitrogen and oxygen atoms in total. The van der Waals surface area contributed by atoms with E-state index in [9.17, 15) is 20.0 Å². The molecule has 0 amide bonds. The minimum atomic E-state index is -1.11. The molecule has 7 heteroatoms. The van der Waals surface area contributed by atoms with Gasteiger partial charge in [-0.15, -0.1) is 0 Å². The number of rotatable bonds is 8. The maximum absolute atomic E-state index is 12.1. The minimum Gasteiger partial charge on any atom is -0.480 e. The van der Waals surface area contributed by atoms with Crippen molar-refractivity contribution in [1.29, 1.82) is 0 Å². The highest BCUT2D eigenvalue weighted by molar-refractivity contribution is 5.75. The SMILES string of the molecule is CC(C)[C@H](OCc1ccccc1)[C@H]1[C@H]([N+](=O)[O-])[C@H](c2ccccc2)N[C@@H]1C(=O)O. The predicted molar refractivity (Wildman–Crippen MR) is 108 cm³/mol. The largest absolute Gasteiger partial charge is 0.480 e. The van der Waals surface area contributed by atoms with Crippen LogP contribution in [0.2, 0.25) is 0 Å². The molecule has 0 unspecified atom stereocenters. The van der Waals surface area contributed by atoms with Crippen LogP contribution in [0.1, 0.15) is 31.0 Å². The van der Waals surface area contributed by atoms with Crippen LogP contribution in [0.15, 0.2) is 60.7 Å². The van der Waals surface area contributed by atoms with Crippen LogP contribution in [-0.2, 0) is 16.1 Å². The summed E-state index contributed by atoms with van der Waals surface area (Å²) in [4.78, 5) is 23.7. The van der Waals surface area contributed by atoms with E-state index in [1.807, 2.05) is 50.2 Å². The number of carbonyl (C=O) groups is 1. The van der Waals surface area contributed by atoms with Crippen LogP contribution in [0.25, 0.3) is 0 Å². The van der Waals surface area contributed by atoms with Crippen LogP contribution in [0.4, 0.5) is 0 Å². The van der Waals surface area contributed by atoms with Gasteiger partial charge in [-0.2, -0.15) is 0 Å². The van der Waals surface area contributed by atoms with Crippen LogP contribution in [0.5, 0.6) is 0 Å². The number of hydrogen-bond donors (Lipinski definition) is 2. The van der Waals surface area contributed by atoms with E-state index in [1.165, 1.54) is 0 Å². The fraction of sp³-hybridized carbons (Fsp3) is 0.409. The minimum absolute atomic E-state index is 0.0932. The van der Waals surface area contributed by atoms with Gasteiger partial charge in [-0.05, 0) is 17.0 Å². The van der Waals surface area contributed by atoms with Gasteiger partial charge in [-0.25, -0.2) is 0 Å². The summed E-state index contributed by atoms with van der Waals surface area (Å²) in [5.74, 6) is -2.00. The third kappa shape index (κ3) is 4.63. The second kappa shape index (κ2) is 9.15. The smallest absolute Gasteiger partial charge is 0.321 e. The van der Waals surface area contributed by atoms with E-state index in [0.29, 0.717) is 5.56 Å². The lowest BCUT2D eigenvalue weighted by Gasteiger charge is -2.30. The average Bonchev–Trinajstić information content (AvgIpc) is 3.10. The van der Waals surface area contributed by atoms with Crippen molar-refractivity contribution in [2.24, 2.45) is 11.8 Å². The van der Waals surface area contributed by atoms with Gasteiger partial charge >= 0.3 is 5.97 Å². The Morgan fingerprint density at radius 2 is 1.72 bits per heavy atom. The summed E-state index contributed by atoms with van der Waals surface area (Å²) >= 11 is 0. The van der Waals surface area contributed by atoms with Crippen molar-refractivity contribution in [2.45, 2.75) is 44.7 Å². The summed E-state index contributed by atoms with van der Waals surface area (Å²) in [6.45, 7) is 4.08. The van der Waals surface area contributed by atoms with Gasteiger partial charge in [0.1, 0.15) is 12.1 Å². The lowest BCUT2D eigenvalue weighted by molar-refractivity contribution is -0.535. The topological polar surface area (TPSA) is 102 Å². The van der Waals surface area contributed by atoms with Gasteiger partial charge in [-0.1, -0.05) is 74.5 Å². The molecule has 1 aliphatic rings. The predicted octanol–water partition coefficient (Wildman–Crippen LogP) is 3.29. The van der Waals surface area contributed by atoms with Gasteiger partial charge in [-0.3, -0.25) is 20.2 Å². The van der Waals surface area contributed by atoms with Crippen molar-refractivity contribution >= 4 is 5.97 Å². The molecule has 3 rings (SSSR count). The summed E-state index contributed by atoms with van der Waals surface area (Å²) in [5.41, 5.74) is 1.64. The van der Waals surface area contributed by atoms with Crippen LogP contribution < -0.4 is 5.32 Å². The second-order valence-corrected chi connectivity index (χ2v) is 7.73. The Morgan fingerprint density at radius 1 is 1.14 bits per heavy atom. The molecule has 2 N–H and O–H groups in total. The van der Waals surface area contributed by atoms with Gasteiger partial charge in [0, 0.05) is 4.92 Å². The first kappa shape index (κ1) is 21.0. The van der Waals surface area contributed by atoms with Crippen LogP contribution >= 0.6 is 0 Å². The standard InChI is InChI=1S/C22H26N2O5/c1-14(2)21(29-13-15-9-5-3-6-10-15)17-19(22(25)26)23-18(20(17)24(27)28)16-11-7-4-8-12-16/h3-12,14,17-21,23H,13H2,1-2H3,(H,25,26)/t17-,18+,19+,20+,21+/m1/s1. The molecular weight excluding hydrogens is 372 g/mol. The van der Waals surface area contributed by atoms with E-state index in [4.69, 9.17) is 4.74 Å². The molecule has 1 heterocycles. The molecule has 1 saturated heterocycles. The van der Waals surface area contributed by atoms with E-state index in [0.717, 1.165) is 5.56 Å². The summed E-state index contributed by atoms with van der Waals surface area (Å²) in [6.07, 6.45) is -0.590. The van der Waals surface area contributed by atoms with E-state index < -0.39 is 36.1 Å². The lowest BCUT2D eigenvalue weighted by atomic mass is 9.82. The van der Waals surface area contributed by atoms with Gasteiger partial charge in [0.25, 0.3) is 0 Å². The molecular formula is C22H26N2O5. The van der Waals surface area contributed by atoms with Gasteiger partial charge in [0.05, 0.1) is 18.6 Å². The number of nitro groups is 1. The molecule has 2 aromatic rings. The lowest BCUT2D eigenvalue weighted by Crippen LogP contribution is -2.47. The van der Waals surface area contributed by atoms with Crippen molar-refractivity contribution in [1.82, 2.24) is 5.32 Å². The fourth-order valence-corrected chi connectivity index (χ4v) is 4.17. The number of ether oxygens (including phenoxy) is 1. The average molecular weight is 398 g/mol. The highest BCUT2D eigenvalue weighted by atomic mass is 16.6. The monoisotopic (exact) mass is 398 g/mol. The zero-order valence-electron chi connectivity index (χ0n) is 16.5. The maximum atomic E-state index is 12.1. The molecule has 0 spiro atoms. The Kier molecular flexibility index (Phi) is 6.61. The molecule has 2 aromatic carbocycles. The van der Waals surface area contributed by atoms with Gasteiger partial charge < -0.3 is 9.84 Å². The van der Waals surface area contributed by atoms with E-state index in [1.54, 1.807) is 24.3 Å². The molecule has 0 aromatic heterocycles. The van der Waals surface area contributed by atoms with Gasteiger partial charge in [0.2, 0.25) is 6.04 Å². The van der Waals surface area contributed by atoms with E-state index in [2.05, 4.69) is 5.32 Å². The highest BCUT2D eigenvalue weighted by Crippen LogP contribution is 2.39. The molecule has 5 atom stereocenters. The van der Waals surface area contributed by atoms with Crippen molar-refractivity contribution < 1.29 is 19.6 Å². The molecule has 0 bridgehead atoms. The van der Waals surface area contributed by atoms with Crippen molar-refractivity contribution in [2.75, 3.05) is 0 Å². The molecule has 0 saturated carbocycles. The van der Waals surface area contributed by atoms with E-state index >= 15 is 0 Å². The number of hydrogen-bond acceptors (Lipinski definition) is 5. The third-order valence-electron chi connectivity index (χ3n) is 5.47. The van der Waals surface area contributed by atoms with Gasteiger partial charge in [0.15, 0.2) is 0 Å². The van der Waals surface area contributed by atoms with Crippen LogP contribution in [-0.4, -0.2) is 34.2 Å². The molecule has 154 valence electrons. The first-order chi connectivity index (χ1) is 13.9. The number of nitrogens with one attached hydrogen (secondary N) is 1. The number of carboxylic acid groups (broad SMARTS) is 1. The third-order valence-corrected chi connectivity index (χ3v) is 5.47. The Bertz CT molecular complexity index is 828. The molecule has 0 radical (unpaired) electrons. The number of aliphatic carboxylic acids is 1. The normalized spacial score (nSPS) is 25.1. The summed E-state index contributed by atoms with van der Waals surface area (Å²) < 4.78 is 6.11. The fourth-order valence-electron chi connectivity index (χ4n) is 4.17. The molecule has 29 heavy (non-hydrogen) atoms. The zero-order valence-corrected chi connectivity index (χ0v) is 16.5. The summed E-state index contributed by atoms with van der Waals surface area (Å²) in [5, 5.41) is 24.9. The zero-order chi connectivity index (χ0) is 21.0. The van der Waals surface area contributed by atoms with Crippen molar-refractivity contribution in [3.8, 4) is 0 Å². The first-order valence-electron chi connectivity index (χ1n) is 9.73. The Labute approximate surface area is 169 Å². The van der Waals surface area contributed by atoms with Crippen molar-refractivity contribution in [3.05, 3.63) is 81.9 Å². The van der Waals surface area contributed by atoms with E-state index in [-0.39, 0.29) is 17.4 Å². The summed E-state index contributed by atoms with van der Waals surface area (Å²) in [6, 6.07) is 15.6. The van der Waals surface area contributed by atoms with Crippen LogP contribution in [0.3, 0.4) is 0 Å². The first-order valence-corrected chi connectivity index (χ1v) is 9.73. The number of benzene rings is 2. The molecule has 1 fully saturated rings. The Hall–Kier alpha value is -2.77. The van der Waals surface area contributed by atoms with Crippen LogP contribution in [0, 0.1) is 22.0 Å². The molecule has 1 aliphatic heterocycles. The summed E-state index contributed by atoms with van der Waals surface area (Å²) in [7, 11) is 0. The number of carboxylic acids is 1. The molecule has 0 aliphatic carbocycles.